The van der Waals surface area contributed by atoms with Gasteiger partial charge in [0, 0.05) is 18.7 Å². The number of hydrogen-bond acceptors (Lipinski definition) is 5. The number of hydrogen-bond donors (Lipinski definition) is 2. The predicted octanol–water partition coefficient (Wildman–Crippen LogP) is 2.93. The number of ether oxygens (including phenoxy) is 1. The minimum Gasteiger partial charge on any atom is -0.497 e. The highest BCUT2D eigenvalue weighted by Crippen LogP contribution is 2.13. The van der Waals surface area contributed by atoms with Crippen molar-refractivity contribution < 1.29 is 9.53 Å². The van der Waals surface area contributed by atoms with Gasteiger partial charge in [-0.1, -0.05) is 19.1 Å². The summed E-state index contributed by atoms with van der Waals surface area (Å²) in [5, 5.41) is 6.15. The molecular formula is C18H24N4O2. The normalized spacial score (nSPS) is 11.7. The van der Waals surface area contributed by atoms with Gasteiger partial charge >= 0.3 is 0 Å². The van der Waals surface area contributed by atoms with E-state index in [1.165, 1.54) is 0 Å². The largest absolute Gasteiger partial charge is 0.497 e. The molecule has 1 heterocycles. The molecule has 0 aliphatic heterocycles. The molecule has 24 heavy (non-hydrogen) atoms. The van der Waals surface area contributed by atoms with Crippen LogP contribution in [0.15, 0.2) is 30.3 Å². The average Bonchev–Trinajstić information content (AvgIpc) is 2.59. The third-order valence-electron chi connectivity index (χ3n) is 3.69. The fourth-order valence-corrected chi connectivity index (χ4v) is 2.11. The number of aryl methyl sites for hydroxylation is 1. The molecule has 2 N–H and O–H groups in total. The first-order valence-corrected chi connectivity index (χ1v) is 8.05. The first-order chi connectivity index (χ1) is 11.5. The fourth-order valence-electron chi connectivity index (χ4n) is 2.11. The second-order valence-corrected chi connectivity index (χ2v) is 5.67. The highest BCUT2D eigenvalue weighted by Gasteiger charge is 2.12. The number of aromatic nitrogens is 2. The standard InChI is InChI=1S/C18H24N4O2/c1-5-12(2)20-18(23)16-10-17(22-13(3)21-16)19-11-14-6-8-15(24-4)9-7-14/h6-10,12H,5,11H2,1-4H3,(H,20,23)(H,19,21,22). The van der Waals surface area contributed by atoms with Crippen LogP contribution in [0.25, 0.3) is 0 Å². The van der Waals surface area contributed by atoms with E-state index in [1.807, 2.05) is 38.1 Å². The van der Waals surface area contributed by atoms with Crippen molar-refractivity contribution in [3.05, 3.63) is 47.4 Å². The molecule has 0 saturated heterocycles. The number of nitrogens with zero attached hydrogens (tertiary/aromatic N) is 2. The fraction of sp³-hybridized carbons (Fsp3) is 0.389. The molecule has 2 rings (SSSR count). The van der Waals surface area contributed by atoms with Crippen molar-refractivity contribution in [2.45, 2.75) is 39.8 Å². The molecular weight excluding hydrogens is 304 g/mol. The Hall–Kier alpha value is -2.63. The monoisotopic (exact) mass is 328 g/mol. The molecule has 128 valence electrons. The van der Waals surface area contributed by atoms with E-state index in [4.69, 9.17) is 4.74 Å². The van der Waals surface area contributed by atoms with Gasteiger partial charge in [0.05, 0.1) is 7.11 Å². The topological polar surface area (TPSA) is 76.1 Å². The molecule has 1 unspecified atom stereocenters. The molecule has 0 radical (unpaired) electrons. The number of methoxy groups -OCH3 is 1. The molecule has 0 spiro atoms. The highest BCUT2D eigenvalue weighted by atomic mass is 16.5. The van der Waals surface area contributed by atoms with Crippen LogP contribution in [0.4, 0.5) is 5.82 Å². The zero-order valence-corrected chi connectivity index (χ0v) is 14.6. The Morgan fingerprint density at radius 2 is 1.96 bits per heavy atom. The second kappa shape index (κ2) is 8.29. The van der Waals surface area contributed by atoms with Crippen molar-refractivity contribution in [2.24, 2.45) is 0 Å². The van der Waals surface area contributed by atoms with Crippen LogP contribution < -0.4 is 15.4 Å². The second-order valence-electron chi connectivity index (χ2n) is 5.67. The third-order valence-corrected chi connectivity index (χ3v) is 3.69. The van der Waals surface area contributed by atoms with E-state index >= 15 is 0 Å². The first-order valence-electron chi connectivity index (χ1n) is 8.05. The molecule has 6 heteroatoms. The third kappa shape index (κ3) is 4.94. The maximum atomic E-state index is 12.2. The van der Waals surface area contributed by atoms with Crippen molar-refractivity contribution in [1.82, 2.24) is 15.3 Å². The van der Waals surface area contributed by atoms with E-state index < -0.39 is 0 Å². The Balaban J connectivity index is 2.05. The van der Waals surface area contributed by atoms with E-state index in [0.717, 1.165) is 17.7 Å². The highest BCUT2D eigenvalue weighted by molar-refractivity contribution is 5.93. The van der Waals surface area contributed by atoms with Crippen LogP contribution in [0.3, 0.4) is 0 Å². The predicted molar refractivity (Wildman–Crippen MR) is 94.3 cm³/mol. The van der Waals surface area contributed by atoms with Gasteiger partial charge in [0.1, 0.15) is 23.1 Å². The van der Waals surface area contributed by atoms with Crippen LogP contribution in [-0.2, 0) is 6.54 Å². The molecule has 1 aromatic carbocycles. The van der Waals surface area contributed by atoms with Crippen LogP contribution in [0.5, 0.6) is 5.75 Å². The van der Waals surface area contributed by atoms with Crippen LogP contribution in [0.1, 0.15) is 42.1 Å². The SMILES string of the molecule is CCC(C)NC(=O)c1cc(NCc2ccc(OC)cc2)nc(C)n1. The van der Waals surface area contributed by atoms with Crippen molar-refractivity contribution in [3.8, 4) is 5.75 Å². The Morgan fingerprint density at radius 3 is 2.58 bits per heavy atom. The van der Waals surface area contributed by atoms with E-state index in [2.05, 4.69) is 20.6 Å². The number of amides is 1. The molecule has 1 amide bonds. The van der Waals surface area contributed by atoms with Crippen LogP contribution in [0, 0.1) is 6.92 Å². The van der Waals surface area contributed by atoms with E-state index in [-0.39, 0.29) is 11.9 Å². The Labute approximate surface area is 142 Å². The number of anilines is 1. The van der Waals surface area contributed by atoms with Crippen LogP contribution in [0.2, 0.25) is 0 Å². The van der Waals surface area contributed by atoms with Gasteiger partial charge in [-0.2, -0.15) is 0 Å². The van der Waals surface area contributed by atoms with Gasteiger partial charge in [-0.15, -0.1) is 0 Å². The number of nitrogens with one attached hydrogen (secondary N) is 2. The van der Waals surface area contributed by atoms with Crippen LogP contribution >= 0.6 is 0 Å². The lowest BCUT2D eigenvalue weighted by molar-refractivity contribution is 0.0934. The van der Waals surface area contributed by atoms with Gasteiger partial charge in [0.15, 0.2) is 0 Å². The lowest BCUT2D eigenvalue weighted by atomic mass is 10.2. The van der Waals surface area contributed by atoms with Crippen molar-refractivity contribution >= 4 is 11.7 Å². The van der Waals surface area contributed by atoms with E-state index in [9.17, 15) is 4.79 Å². The minimum absolute atomic E-state index is 0.114. The molecule has 2 aromatic rings. The summed E-state index contributed by atoms with van der Waals surface area (Å²) < 4.78 is 5.15. The summed E-state index contributed by atoms with van der Waals surface area (Å²) in [6.07, 6.45) is 0.873. The molecule has 0 aliphatic carbocycles. The lowest BCUT2D eigenvalue weighted by Crippen LogP contribution is -2.32. The summed E-state index contributed by atoms with van der Waals surface area (Å²) in [5.74, 6) is 1.83. The number of carbonyl (C=O) groups is 1. The zero-order valence-electron chi connectivity index (χ0n) is 14.6. The first kappa shape index (κ1) is 17.7. The summed E-state index contributed by atoms with van der Waals surface area (Å²) in [6, 6.07) is 9.57. The Morgan fingerprint density at radius 1 is 1.25 bits per heavy atom. The van der Waals surface area contributed by atoms with Gasteiger partial charge in [0.2, 0.25) is 0 Å². The maximum Gasteiger partial charge on any atom is 0.270 e. The van der Waals surface area contributed by atoms with Gasteiger partial charge in [-0.25, -0.2) is 9.97 Å². The lowest BCUT2D eigenvalue weighted by Gasteiger charge is -2.12. The molecule has 0 fully saturated rings. The average molecular weight is 328 g/mol. The maximum absolute atomic E-state index is 12.2. The van der Waals surface area contributed by atoms with Crippen molar-refractivity contribution in [1.29, 1.82) is 0 Å². The molecule has 1 aromatic heterocycles. The van der Waals surface area contributed by atoms with E-state index in [0.29, 0.717) is 23.9 Å². The Bertz CT molecular complexity index is 686. The van der Waals surface area contributed by atoms with Gasteiger partial charge < -0.3 is 15.4 Å². The Kier molecular flexibility index (Phi) is 6.12. The molecule has 1 atom stereocenters. The zero-order chi connectivity index (χ0) is 17.5. The van der Waals surface area contributed by atoms with Crippen molar-refractivity contribution in [2.75, 3.05) is 12.4 Å². The smallest absolute Gasteiger partial charge is 0.270 e. The summed E-state index contributed by atoms with van der Waals surface area (Å²) in [5.41, 5.74) is 1.47. The van der Waals surface area contributed by atoms with Gasteiger partial charge in [-0.3, -0.25) is 4.79 Å². The van der Waals surface area contributed by atoms with E-state index in [1.54, 1.807) is 20.1 Å². The van der Waals surface area contributed by atoms with Gasteiger partial charge in [0.25, 0.3) is 5.91 Å². The quantitative estimate of drug-likeness (QED) is 0.817. The summed E-state index contributed by atoms with van der Waals surface area (Å²) in [6.45, 7) is 6.37. The molecule has 0 aliphatic rings. The van der Waals surface area contributed by atoms with Crippen LogP contribution in [-0.4, -0.2) is 29.0 Å². The number of benzene rings is 1. The molecule has 0 bridgehead atoms. The number of rotatable bonds is 7. The summed E-state index contributed by atoms with van der Waals surface area (Å²) in [7, 11) is 1.64. The number of carbonyl (C=O) groups excluding carboxylic acids is 1. The molecule has 0 saturated carbocycles. The summed E-state index contributed by atoms with van der Waals surface area (Å²) >= 11 is 0. The summed E-state index contributed by atoms with van der Waals surface area (Å²) in [4.78, 5) is 20.8. The minimum atomic E-state index is -0.178. The van der Waals surface area contributed by atoms with Gasteiger partial charge in [-0.05, 0) is 38.0 Å². The van der Waals surface area contributed by atoms with Crippen molar-refractivity contribution in [3.63, 3.8) is 0 Å². The molecule has 6 nitrogen and oxygen atoms in total.